The molecular weight excluding hydrogens is 453 g/mol. The van der Waals surface area contributed by atoms with Crippen molar-refractivity contribution in [3.63, 3.8) is 0 Å². The van der Waals surface area contributed by atoms with E-state index in [-0.39, 0.29) is 27.6 Å². The fraction of sp³-hybridized carbons (Fsp3) is 0.143. The second-order valence-electron chi connectivity index (χ2n) is 6.75. The van der Waals surface area contributed by atoms with Crippen molar-refractivity contribution in [1.82, 2.24) is 10.3 Å². The summed E-state index contributed by atoms with van der Waals surface area (Å²) in [5, 5.41) is 2.82. The molecule has 1 aromatic heterocycles. The number of rotatable bonds is 5. The number of hydrogen-bond acceptors (Lipinski definition) is 4. The minimum Gasteiger partial charge on any atom is -0.348 e. The maximum Gasteiger partial charge on any atom is 0.416 e. The third-order valence-electron chi connectivity index (χ3n) is 4.42. The van der Waals surface area contributed by atoms with Crippen molar-refractivity contribution in [3.05, 3.63) is 82.6 Å². The molecule has 2 aromatic carbocycles. The summed E-state index contributed by atoms with van der Waals surface area (Å²) in [5.41, 5.74) is 0.487. The molecule has 0 unspecified atom stereocenters. The number of sulfone groups is 1. The predicted molar refractivity (Wildman–Crippen MR) is 110 cm³/mol. The molecule has 3 rings (SSSR count). The SMILES string of the molecule is CS(=O)(=O)c1ccc(CNC(=O)c2cncc(-c3cccc(C(F)(F)F)c3)c2)c(Cl)c1. The molecule has 0 spiro atoms. The lowest BCUT2D eigenvalue weighted by molar-refractivity contribution is -0.137. The van der Waals surface area contributed by atoms with Gasteiger partial charge in [0.2, 0.25) is 0 Å². The number of nitrogens with one attached hydrogen (secondary N) is 1. The highest BCUT2D eigenvalue weighted by atomic mass is 35.5. The van der Waals surface area contributed by atoms with E-state index in [9.17, 15) is 26.4 Å². The van der Waals surface area contributed by atoms with E-state index in [2.05, 4.69) is 10.3 Å². The van der Waals surface area contributed by atoms with Gasteiger partial charge in [-0.25, -0.2) is 8.42 Å². The average molecular weight is 469 g/mol. The Morgan fingerprint density at radius 3 is 2.45 bits per heavy atom. The molecule has 10 heteroatoms. The third kappa shape index (κ3) is 5.62. The van der Waals surface area contributed by atoms with Crippen LogP contribution in [0, 0.1) is 0 Å². The topological polar surface area (TPSA) is 76.1 Å². The minimum absolute atomic E-state index is 0.0233. The summed E-state index contributed by atoms with van der Waals surface area (Å²) in [6, 6.07) is 10.4. The molecule has 0 saturated heterocycles. The lowest BCUT2D eigenvalue weighted by Gasteiger charge is -2.10. The number of nitrogens with zero attached hydrogens (tertiary/aromatic N) is 1. The van der Waals surface area contributed by atoms with E-state index in [4.69, 9.17) is 11.6 Å². The van der Waals surface area contributed by atoms with Gasteiger partial charge in [0, 0.05) is 35.8 Å². The first-order valence-corrected chi connectivity index (χ1v) is 11.1. The first kappa shape index (κ1) is 22.8. The number of alkyl halides is 3. The minimum atomic E-state index is -4.48. The standard InChI is InChI=1S/C21H16ClF3N2O3S/c1-31(29,30)18-6-5-14(19(22)9-18)12-27-20(28)16-7-15(10-26-11-16)13-3-2-4-17(8-13)21(23,24)25/h2-11H,12H2,1H3,(H,27,28). The van der Waals surface area contributed by atoms with Crippen molar-refractivity contribution < 1.29 is 26.4 Å². The highest BCUT2D eigenvalue weighted by molar-refractivity contribution is 7.90. The normalized spacial score (nSPS) is 11.9. The van der Waals surface area contributed by atoms with Gasteiger partial charge in [-0.3, -0.25) is 9.78 Å². The van der Waals surface area contributed by atoms with E-state index < -0.39 is 27.5 Å². The summed E-state index contributed by atoms with van der Waals surface area (Å²) >= 11 is 6.10. The highest BCUT2D eigenvalue weighted by Gasteiger charge is 2.30. The van der Waals surface area contributed by atoms with Gasteiger partial charge in [-0.1, -0.05) is 29.8 Å². The van der Waals surface area contributed by atoms with Gasteiger partial charge in [0.15, 0.2) is 9.84 Å². The Morgan fingerprint density at radius 2 is 1.81 bits per heavy atom. The number of hydrogen-bond donors (Lipinski definition) is 1. The van der Waals surface area contributed by atoms with Gasteiger partial charge in [0.25, 0.3) is 5.91 Å². The third-order valence-corrected chi connectivity index (χ3v) is 5.88. The molecular formula is C21H16ClF3N2O3S. The second-order valence-corrected chi connectivity index (χ2v) is 9.17. The van der Waals surface area contributed by atoms with Crippen molar-refractivity contribution in [1.29, 1.82) is 0 Å². The van der Waals surface area contributed by atoms with E-state index in [1.165, 1.54) is 48.8 Å². The van der Waals surface area contributed by atoms with Gasteiger partial charge < -0.3 is 5.32 Å². The molecule has 162 valence electrons. The van der Waals surface area contributed by atoms with E-state index in [1.807, 2.05) is 0 Å². The van der Waals surface area contributed by atoms with E-state index in [0.29, 0.717) is 11.1 Å². The summed E-state index contributed by atoms with van der Waals surface area (Å²) < 4.78 is 62.0. The lowest BCUT2D eigenvalue weighted by Crippen LogP contribution is -2.23. The van der Waals surface area contributed by atoms with Gasteiger partial charge >= 0.3 is 6.18 Å². The van der Waals surface area contributed by atoms with Crippen LogP contribution in [0.15, 0.2) is 65.8 Å². The van der Waals surface area contributed by atoms with Crippen LogP contribution in [0.5, 0.6) is 0 Å². The van der Waals surface area contributed by atoms with Gasteiger partial charge in [-0.05, 0) is 41.5 Å². The van der Waals surface area contributed by atoms with Gasteiger partial charge in [0.05, 0.1) is 16.0 Å². The Labute approximate surface area is 181 Å². The smallest absolute Gasteiger partial charge is 0.348 e. The van der Waals surface area contributed by atoms with Gasteiger partial charge in [-0.2, -0.15) is 13.2 Å². The Hall–Kier alpha value is -2.91. The van der Waals surface area contributed by atoms with Crippen LogP contribution in [-0.4, -0.2) is 25.6 Å². The Kier molecular flexibility index (Phi) is 6.38. The summed E-state index contributed by atoms with van der Waals surface area (Å²) in [6.07, 6.45) is -0.761. The molecule has 0 fully saturated rings. The van der Waals surface area contributed by atoms with E-state index in [1.54, 1.807) is 0 Å². The summed E-state index contributed by atoms with van der Waals surface area (Å²) in [6.45, 7) is 0.0233. The summed E-state index contributed by atoms with van der Waals surface area (Å²) in [7, 11) is -3.41. The van der Waals surface area contributed by atoms with Crippen LogP contribution in [0.3, 0.4) is 0 Å². The van der Waals surface area contributed by atoms with Gasteiger partial charge in [0.1, 0.15) is 0 Å². The number of benzene rings is 2. The number of aromatic nitrogens is 1. The van der Waals surface area contributed by atoms with Crippen LogP contribution in [0.1, 0.15) is 21.5 Å². The van der Waals surface area contributed by atoms with E-state index >= 15 is 0 Å². The molecule has 0 atom stereocenters. The van der Waals surface area contributed by atoms with Gasteiger partial charge in [-0.15, -0.1) is 0 Å². The number of carbonyl (C=O) groups is 1. The molecule has 0 saturated carbocycles. The molecule has 0 bridgehead atoms. The molecule has 5 nitrogen and oxygen atoms in total. The quantitative estimate of drug-likeness (QED) is 0.586. The van der Waals surface area contributed by atoms with Crippen molar-refractivity contribution in [3.8, 4) is 11.1 Å². The van der Waals surface area contributed by atoms with Crippen LogP contribution in [0.4, 0.5) is 13.2 Å². The van der Waals surface area contributed by atoms with Crippen molar-refractivity contribution in [2.45, 2.75) is 17.6 Å². The molecule has 1 heterocycles. The Bertz CT molecular complexity index is 1240. The Balaban J connectivity index is 1.77. The molecule has 0 aliphatic carbocycles. The second kappa shape index (κ2) is 8.68. The monoisotopic (exact) mass is 468 g/mol. The lowest BCUT2D eigenvalue weighted by atomic mass is 10.0. The zero-order valence-corrected chi connectivity index (χ0v) is 17.6. The first-order chi connectivity index (χ1) is 14.4. The number of amides is 1. The number of halogens is 4. The first-order valence-electron chi connectivity index (χ1n) is 8.84. The molecule has 1 amide bonds. The molecule has 3 aromatic rings. The van der Waals surface area contributed by atoms with Crippen LogP contribution >= 0.6 is 11.6 Å². The van der Waals surface area contributed by atoms with E-state index in [0.717, 1.165) is 18.4 Å². The number of carbonyl (C=O) groups excluding carboxylic acids is 1. The number of pyridine rings is 1. The van der Waals surface area contributed by atoms with Crippen LogP contribution < -0.4 is 5.32 Å². The fourth-order valence-corrected chi connectivity index (χ4v) is 3.74. The fourth-order valence-electron chi connectivity index (χ4n) is 2.78. The van der Waals surface area contributed by atoms with Crippen molar-refractivity contribution in [2.75, 3.05) is 6.26 Å². The molecule has 0 radical (unpaired) electrons. The molecule has 1 N–H and O–H groups in total. The zero-order chi connectivity index (χ0) is 22.8. The average Bonchev–Trinajstić information content (AvgIpc) is 2.71. The maximum absolute atomic E-state index is 13.0. The van der Waals surface area contributed by atoms with Crippen LogP contribution in [0.25, 0.3) is 11.1 Å². The summed E-state index contributed by atoms with van der Waals surface area (Å²) in [4.78, 5) is 16.5. The largest absolute Gasteiger partial charge is 0.416 e. The molecule has 0 aliphatic rings. The Morgan fingerprint density at radius 1 is 1.06 bits per heavy atom. The highest BCUT2D eigenvalue weighted by Crippen LogP contribution is 2.32. The van der Waals surface area contributed by atoms with Crippen molar-refractivity contribution in [2.24, 2.45) is 0 Å². The summed E-state index contributed by atoms with van der Waals surface area (Å²) in [5.74, 6) is -0.510. The predicted octanol–water partition coefficient (Wildman–Crippen LogP) is 4.75. The molecule has 0 aliphatic heterocycles. The van der Waals surface area contributed by atoms with Crippen LogP contribution in [-0.2, 0) is 22.6 Å². The van der Waals surface area contributed by atoms with Crippen molar-refractivity contribution >= 4 is 27.3 Å². The molecule has 31 heavy (non-hydrogen) atoms. The zero-order valence-electron chi connectivity index (χ0n) is 16.1. The maximum atomic E-state index is 13.0. The van der Waals surface area contributed by atoms with Crippen LogP contribution in [0.2, 0.25) is 5.02 Å².